The molecule has 1 aromatic heterocycles. The minimum Gasteiger partial charge on any atom is -0.497 e. The Labute approximate surface area is 158 Å². The second kappa shape index (κ2) is 9.05. The van der Waals surface area contributed by atoms with Crippen molar-refractivity contribution in [1.82, 2.24) is 9.97 Å². The highest BCUT2D eigenvalue weighted by Crippen LogP contribution is 2.31. The van der Waals surface area contributed by atoms with Crippen LogP contribution in [0.15, 0.2) is 42.5 Å². The number of nitrogens with one attached hydrogen (secondary N) is 2. The van der Waals surface area contributed by atoms with Gasteiger partial charge in [-0.1, -0.05) is 12.1 Å². The first-order valence-corrected chi connectivity index (χ1v) is 8.74. The predicted molar refractivity (Wildman–Crippen MR) is 107 cm³/mol. The van der Waals surface area contributed by atoms with Gasteiger partial charge in [-0.15, -0.1) is 0 Å². The van der Waals surface area contributed by atoms with E-state index in [2.05, 4.69) is 20.6 Å². The van der Waals surface area contributed by atoms with Gasteiger partial charge in [0, 0.05) is 31.7 Å². The Morgan fingerprint density at radius 2 is 1.81 bits per heavy atom. The molecule has 0 aliphatic rings. The molecule has 2 N–H and O–H groups in total. The van der Waals surface area contributed by atoms with Crippen LogP contribution in [-0.2, 0) is 4.74 Å². The molecular formula is C20H24N4O3. The van der Waals surface area contributed by atoms with Gasteiger partial charge >= 0.3 is 0 Å². The van der Waals surface area contributed by atoms with E-state index in [0.29, 0.717) is 18.3 Å². The van der Waals surface area contributed by atoms with Gasteiger partial charge < -0.3 is 24.8 Å². The topological polar surface area (TPSA) is 77.5 Å². The molecule has 142 valence electrons. The van der Waals surface area contributed by atoms with Gasteiger partial charge in [-0.05, 0) is 30.7 Å². The van der Waals surface area contributed by atoms with E-state index in [4.69, 9.17) is 14.2 Å². The number of fused-ring (bicyclic) bond motifs is 1. The molecule has 0 aliphatic heterocycles. The fourth-order valence-electron chi connectivity index (χ4n) is 2.72. The van der Waals surface area contributed by atoms with Crippen LogP contribution in [0.25, 0.3) is 10.9 Å². The number of benzene rings is 2. The third kappa shape index (κ3) is 4.57. The largest absolute Gasteiger partial charge is 0.497 e. The lowest BCUT2D eigenvalue weighted by Gasteiger charge is -2.14. The van der Waals surface area contributed by atoms with E-state index < -0.39 is 0 Å². The summed E-state index contributed by atoms with van der Waals surface area (Å²) in [6.45, 7) is 1.46. The summed E-state index contributed by atoms with van der Waals surface area (Å²) in [5.41, 5.74) is 1.59. The van der Waals surface area contributed by atoms with Gasteiger partial charge in [0.15, 0.2) is 0 Å². The molecule has 0 spiro atoms. The Hall–Kier alpha value is -3.06. The molecule has 7 heteroatoms. The van der Waals surface area contributed by atoms with Crippen LogP contribution >= 0.6 is 0 Å². The maximum Gasteiger partial charge on any atom is 0.229 e. The number of hydrogen-bond donors (Lipinski definition) is 2. The lowest BCUT2D eigenvalue weighted by Crippen LogP contribution is -2.09. The highest BCUT2D eigenvalue weighted by atomic mass is 16.5. The monoisotopic (exact) mass is 368 g/mol. The summed E-state index contributed by atoms with van der Waals surface area (Å²) in [5.74, 6) is 2.66. The van der Waals surface area contributed by atoms with Crippen molar-refractivity contribution in [1.29, 1.82) is 0 Å². The quantitative estimate of drug-likeness (QED) is 0.556. The van der Waals surface area contributed by atoms with E-state index in [1.165, 1.54) is 0 Å². The van der Waals surface area contributed by atoms with Crippen molar-refractivity contribution in [2.75, 3.05) is 45.1 Å². The van der Waals surface area contributed by atoms with Crippen molar-refractivity contribution >= 4 is 28.4 Å². The summed E-state index contributed by atoms with van der Waals surface area (Å²) >= 11 is 0. The fourth-order valence-corrected chi connectivity index (χ4v) is 2.72. The summed E-state index contributed by atoms with van der Waals surface area (Å²) < 4.78 is 15.8. The number of nitrogens with zero attached hydrogens (tertiary/aromatic N) is 2. The Morgan fingerprint density at radius 3 is 2.59 bits per heavy atom. The Bertz CT molecular complexity index is 902. The molecule has 2 aromatic carbocycles. The van der Waals surface area contributed by atoms with Crippen molar-refractivity contribution in [2.45, 2.75) is 6.42 Å². The van der Waals surface area contributed by atoms with E-state index >= 15 is 0 Å². The maximum absolute atomic E-state index is 5.42. The minimum atomic E-state index is 0.481. The minimum absolute atomic E-state index is 0.481. The highest BCUT2D eigenvalue weighted by Gasteiger charge is 2.11. The van der Waals surface area contributed by atoms with Crippen molar-refractivity contribution in [3.05, 3.63) is 42.5 Å². The molecule has 0 fully saturated rings. The van der Waals surface area contributed by atoms with Crippen LogP contribution < -0.4 is 20.1 Å². The van der Waals surface area contributed by atoms with E-state index in [1.807, 2.05) is 42.5 Å². The SMILES string of the molecule is COCCCNc1nc(Nc2cc(OC)ccc2OC)nc2ccccc12. The Balaban J connectivity index is 1.92. The summed E-state index contributed by atoms with van der Waals surface area (Å²) in [6, 6.07) is 13.4. The van der Waals surface area contributed by atoms with Gasteiger partial charge in [-0.2, -0.15) is 4.98 Å². The molecule has 1 heterocycles. The van der Waals surface area contributed by atoms with Crippen LogP contribution in [0.3, 0.4) is 0 Å². The molecule has 0 bridgehead atoms. The number of anilines is 3. The Kier molecular flexibility index (Phi) is 6.27. The zero-order valence-corrected chi connectivity index (χ0v) is 15.8. The standard InChI is InChI=1S/C20H24N4O3/c1-25-12-6-11-21-19-15-7-4-5-8-16(15)22-20(24-19)23-17-13-14(26-2)9-10-18(17)27-3/h4-5,7-10,13H,6,11-12H2,1-3H3,(H2,21,22,23,24). The van der Waals surface area contributed by atoms with Gasteiger partial charge in [0.05, 0.1) is 25.4 Å². The lowest BCUT2D eigenvalue weighted by molar-refractivity contribution is 0.198. The van der Waals surface area contributed by atoms with Gasteiger partial charge in [0.2, 0.25) is 5.95 Å². The molecule has 27 heavy (non-hydrogen) atoms. The number of aromatic nitrogens is 2. The zero-order chi connectivity index (χ0) is 19.1. The van der Waals surface area contributed by atoms with Crippen molar-refractivity contribution in [2.24, 2.45) is 0 Å². The van der Waals surface area contributed by atoms with Crippen molar-refractivity contribution < 1.29 is 14.2 Å². The number of methoxy groups -OCH3 is 3. The molecular weight excluding hydrogens is 344 g/mol. The molecule has 0 saturated heterocycles. The lowest BCUT2D eigenvalue weighted by atomic mass is 10.2. The second-order valence-corrected chi connectivity index (χ2v) is 5.88. The van der Waals surface area contributed by atoms with Crippen LogP contribution in [0.1, 0.15) is 6.42 Å². The summed E-state index contributed by atoms with van der Waals surface area (Å²) in [7, 11) is 4.95. The third-order valence-corrected chi connectivity index (χ3v) is 4.07. The molecule has 3 rings (SSSR count). The van der Waals surface area contributed by atoms with E-state index in [9.17, 15) is 0 Å². The van der Waals surface area contributed by atoms with E-state index in [1.54, 1.807) is 21.3 Å². The van der Waals surface area contributed by atoms with Crippen LogP contribution in [0.2, 0.25) is 0 Å². The van der Waals surface area contributed by atoms with Crippen LogP contribution in [0.4, 0.5) is 17.5 Å². The van der Waals surface area contributed by atoms with E-state index in [-0.39, 0.29) is 0 Å². The average molecular weight is 368 g/mol. The smallest absolute Gasteiger partial charge is 0.229 e. The molecule has 0 atom stereocenters. The zero-order valence-electron chi connectivity index (χ0n) is 15.8. The average Bonchev–Trinajstić information content (AvgIpc) is 2.71. The fraction of sp³-hybridized carbons (Fsp3) is 0.300. The number of ether oxygens (including phenoxy) is 3. The first-order valence-electron chi connectivity index (χ1n) is 8.74. The van der Waals surface area contributed by atoms with Gasteiger partial charge in [0.25, 0.3) is 0 Å². The highest BCUT2D eigenvalue weighted by molar-refractivity contribution is 5.90. The molecule has 0 radical (unpaired) electrons. The summed E-state index contributed by atoms with van der Waals surface area (Å²) in [4.78, 5) is 9.28. The normalized spacial score (nSPS) is 10.6. The molecule has 7 nitrogen and oxygen atoms in total. The summed E-state index contributed by atoms with van der Waals surface area (Å²) in [6.07, 6.45) is 0.890. The maximum atomic E-state index is 5.42. The van der Waals surface area contributed by atoms with Crippen LogP contribution in [0.5, 0.6) is 11.5 Å². The first-order chi connectivity index (χ1) is 13.2. The number of para-hydroxylation sites is 1. The van der Waals surface area contributed by atoms with Gasteiger partial charge in [-0.25, -0.2) is 4.98 Å². The Morgan fingerprint density at radius 1 is 0.963 bits per heavy atom. The summed E-state index contributed by atoms with van der Waals surface area (Å²) in [5, 5.41) is 7.58. The third-order valence-electron chi connectivity index (χ3n) is 4.07. The number of rotatable bonds is 9. The molecule has 0 aliphatic carbocycles. The molecule has 3 aromatic rings. The number of hydrogen-bond acceptors (Lipinski definition) is 7. The van der Waals surface area contributed by atoms with Crippen LogP contribution in [-0.4, -0.2) is 44.4 Å². The first kappa shape index (κ1) is 18.7. The van der Waals surface area contributed by atoms with Crippen molar-refractivity contribution in [3.8, 4) is 11.5 Å². The molecule has 0 amide bonds. The second-order valence-electron chi connectivity index (χ2n) is 5.88. The molecule has 0 unspecified atom stereocenters. The molecule has 0 saturated carbocycles. The van der Waals surface area contributed by atoms with Gasteiger partial charge in [0.1, 0.15) is 17.3 Å². The van der Waals surface area contributed by atoms with Crippen LogP contribution in [0, 0.1) is 0 Å². The van der Waals surface area contributed by atoms with E-state index in [0.717, 1.165) is 41.1 Å². The predicted octanol–water partition coefficient (Wildman–Crippen LogP) is 3.84. The van der Waals surface area contributed by atoms with Gasteiger partial charge in [-0.3, -0.25) is 0 Å². The van der Waals surface area contributed by atoms with Crippen molar-refractivity contribution in [3.63, 3.8) is 0 Å².